The van der Waals surface area contributed by atoms with Gasteiger partial charge >= 0.3 is 12.1 Å². The molecule has 0 saturated carbocycles. The first kappa shape index (κ1) is 27.2. The molecule has 2 aliphatic rings. The molecule has 200 valence electrons. The molecule has 1 unspecified atom stereocenters. The lowest BCUT2D eigenvalue weighted by atomic mass is 10.0. The molecule has 14 heteroatoms. The number of carbonyl (C=O) groups is 1. The number of benzene rings is 1. The summed E-state index contributed by atoms with van der Waals surface area (Å²) in [5.41, 5.74) is 1.05. The number of anilines is 1. The monoisotopic (exact) mass is 558 g/mol. The number of carboxylic acids is 1. The van der Waals surface area contributed by atoms with Crippen LogP contribution in [0.15, 0.2) is 46.9 Å². The Hall–Kier alpha value is -2.81. The first-order valence-corrected chi connectivity index (χ1v) is 13.9. The molecule has 9 nitrogen and oxygen atoms in total. The van der Waals surface area contributed by atoms with Gasteiger partial charge in [-0.05, 0) is 55.8 Å². The summed E-state index contributed by atoms with van der Waals surface area (Å²) in [7, 11) is -3.68. The summed E-state index contributed by atoms with van der Waals surface area (Å²) in [5.74, 6) is -2.76. The van der Waals surface area contributed by atoms with Crippen molar-refractivity contribution in [2.45, 2.75) is 48.8 Å². The lowest BCUT2D eigenvalue weighted by Crippen LogP contribution is -2.39. The molecule has 5 rings (SSSR count). The normalized spacial score (nSPS) is 19.4. The van der Waals surface area contributed by atoms with Gasteiger partial charge in [0, 0.05) is 42.4 Å². The van der Waals surface area contributed by atoms with E-state index in [0.29, 0.717) is 11.2 Å². The van der Waals surface area contributed by atoms with E-state index in [1.54, 1.807) is 29.9 Å². The van der Waals surface area contributed by atoms with Crippen molar-refractivity contribution >= 4 is 43.2 Å². The van der Waals surface area contributed by atoms with Crippen molar-refractivity contribution in [3.8, 4) is 0 Å². The summed E-state index contributed by atoms with van der Waals surface area (Å²) < 4.78 is 65.3. The molecule has 1 aromatic carbocycles. The van der Waals surface area contributed by atoms with Crippen LogP contribution in [0.1, 0.15) is 37.4 Å². The lowest BCUT2D eigenvalue weighted by molar-refractivity contribution is -0.192. The van der Waals surface area contributed by atoms with Gasteiger partial charge < -0.3 is 9.84 Å². The number of sulfonamides is 1. The fourth-order valence-corrected chi connectivity index (χ4v) is 6.42. The number of likely N-dealkylation sites (tertiary alicyclic amines) is 1. The van der Waals surface area contributed by atoms with E-state index in [1.165, 1.54) is 11.3 Å². The molecule has 1 atom stereocenters. The molecule has 4 heterocycles. The molecule has 2 aromatic heterocycles. The number of nitrogens with zero attached hydrogens (tertiary/aromatic N) is 3. The first-order valence-electron chi connectivity index (χ1n) is 11.5. The van der Waals surface area contributed by atoms with Crippen molar-refractivity contribution in [1.29, 1.82) is 0 Å². The highest BCUT2D eigenvalue weighted by Gasteiger charge is 2.38. The van der Waals surface area contributed by atoms with Crippen molar-refractivity contribution in [3.63, 3.8) is 0 Å². The molecule has 0 spiro atoms. The highest BCUT2D eigenvalue weighted by Crippen LogP contribution is 2.38. The molecular weight excluding hydrogens is 533 g/mol. The number of fused-ring (bicyclic) bond motifs is 1. The topological polar surface area (TPSA) is 122 Å². The summed E-state index contributed by atoms with van der Waals surface area (Å²) in [6.45, 7) is 2.73. The molecule has 2 aliphatic heterocycles. The predicted molar refractivity (Wildman–Crippen MR) is 131 cm³/mol. The Morgan fingerprint density at radius 3 is 2.51 bits per heavy atom. The van der Waals surface area contributed by atoms with Crippen LogP contribution in [-0.4, -0.2) is 66.3 Å². The largest absolute Gasteiger partial charge is 0.490 e. The minimum absolute atomic E-state index is 0.232. The fraction of sp³-hybridized carbons (Fsp3) is 0.435. The van der Waals surface area contributed by atoms with Crippen LogP contribution in [0.4, 0.5) is 18.3 Å². The molecular formula is C23H25F3N4O5S2. The van der Waals surface area contributed by atoms with E-state index in [4.69, 9.17) is 19.6 Å². The average Bonchev–Trinajstić information content (AvgIpc) is 3.56. The molecule has 0 aliphatic carbocycles. The van der Waals surface area contributed by atoms with Gasteiger partial charge in [-0.15, -0.1) is 11.3 Å². The van der Waals surface area contributed by atoms with Gasteiger partial charge in [-0.1, -0.05) is 6.07 Å². The molecule has 0 radical (unpaired) electrons. The number of pyridine rings is 1. The van der Waals surface area contributed by atoms with Crippen molar-refractivity contribution in [3.05, 3.63) is 47.7 Å². The second-order valence-electron chi connectivity index (χ2n) is 8.56. The molecule has 2 fully saturated rings. The fourth-order valence-electron chi connectivity index (χ4n) is 4.60. The van der Waals surface area contributed by atoms with E-state index in [2.05, 4.69) is 14.6 Å². The van der Waals surface area contributed by atoms with Crippen molar-refractivity contribution in [1.82, 2.24) is 14.9 Å². The number of rotatable bonds is 5. The van der Waals surface area contributed by atoms with Gasteiger partial charge in [-0.3, -0.25) is 14.6 Å². The van der Waals surface area contributed by atoms with Crippen LogP contribution in [0.3, 0.4) is 0 Å². The summed E-state index contributed by atoms with van der Waals surface area (Å²) in [5, 5.41) is 11.1. The van der Waals surface area contributed by atoms with E-state index in [-0.39, 0.29) is 10.9 Å². The number of halogens is 3. The van der Waals surface area contributed by atoms with Crippen LogP contribution >= 0.6 is 11.3 Å². The van der Waals surface area contributed by atoms with Crippen LogP contribution < -0.4 is 4.72 Å². The Morgan fingerprint density at radius 1 is 1.14 bits per heavy atom. The number of hydrogen-bond donors (Lipinski definition) is 2. The molecule has 2 N–H and O–H groups in total. The van der Waals surface area contributed by atoms with Gasteiger partial charge in [0.25, 0.3) is 10.0 Å². The number of hydrogen-bond acceptors (Lipinski definition) is 8. The van der Waals surface area contributed by atoms with E-state index in [0.717, 1.165) is 61.9 Å². The summed E-state index contributed by atoms with van der Waals surface area (Å²) in [6.07, 6.45) is 2.65. The van der Waals surface area contributed by atoms with E-state index >= 15 is 0 Å². The lowest BCUT2D eigenvalue weighted by Gasteiger charge is -2.35. The van der Waals surface area contributed by atoms with E-state index < -0.39 is 22.2 Å². The van der Waals surface area contributed by atoms with Crippen LogP contribution in [0, 0.1) is 0 Å². The minimum Gasteiger partial charge on any atom is -0.475 e. The highest BCUT2D eigenvalue weighted by molar-refractivity contribution is 7.93. The Balaban J connectivity index is 0.000000405. The third kappa shape index (κ3) is 6.55. The third-order valence-corrected chi connectivity index (χ3v) is 8.40. The number of carboxylic acid groups (broad SMARTS) is 1. The van der Waals surface area contributed by atoms with Gasteiger partial charge in [0.2, 0.25) is 0 Å². The Morgan fingerprint density at radius 2 is 1.86 bits per heavy atom. The second kappa shape index (κ2) is 11.3. The third-order valence-electron chi connectivity index (χ3n) is 6.24. The van der Waals surface area contributed by atoms with Gasteiger partial charge in [-0.25, -0.2) is 18.2 Å². The maximum Gasteiger partial charge on any atom is 0.490 e. The maximum absolute atomic E-state index is 12.8. The molecule has 3 aromatic rings. The number of aliphatic carboxylic acids is 1. The van der Waals surface area contributed by atoms with Gasteiger partial charge in [0.05, 0.1) is 16.6 Å². The highest BCUT2D eigenvalue weighted by atomic mass is 32.2. The Labute approximate surface area is 215 Å². The SMILES string of the molecule is O=C(O)C(F)(F)F.O=S(=O)(Nc1nccs1)c1ccc2c(C3CCCN3C3CCOCC3)nccc2c1. The molecule has 0 bridgehead atoms. The van der Waals surface area contributed by atoms with Gasteiger partial charge in [0.1, 0.15) is 0 Å². The minimum atomic E-state index is -5.08. The van der Waals surface area contributed by atoms with E-state index in [9.17, 15) is 21.6 Å². The average molecular weight is 559 g/mol. The van der Waals surface area contributed by atoms with E-state index in [1.807, 2.05) is 12.1 Å². The molecule has 0 amide bonds. The van der Waals surface area contributed by atoms with Gasteiger partial charge in [-0.2, -0.15) is 13.2 Å². The van der Waals surface area contributed by atoms with Crippen LogP contribution in [0.2, 0.25) is 0 Å². The molecule has 37 heavy (non-hydrogen) atoms. The van der Waals surface area contributed by atoms with Crippen LogP contribution in [0.25, 0.3) is 10.8 Å². The predicted octanol–water partition coefficient (Wildman–Crippen LogP) is 4.44. The number of aromatic nitrogens is 2. The zero-order chi connectivity index (χ0) is 26.6. The summed E-state index contributed by atoms with van der Waals surface area (Å²) in [4.78, 5) is 20.5. The standard InChI is InChI=1S/C21H24N4O3S2.C2HF3O2/c26-30(27,24-21-23-9-13-29-21)17-3-4-18-15(14-17)5-8-22-20(18)19-2-1-10-25(19)16-6-11-28-12-7-16;3-2(4,5)1(6)7/h3-5,8-9,13-14,16,19H,1-2,6-7,10-12H2,(H,23,24);(H,6,7). The first-order chi connectivity index (χ1) is 17.6. The smallest absolute Gasteiger partial charge is 0.475 e. The second-order valence-corrected chi connectivity index (χ2v) is 11.1. The summed E-state index contributed by atoms with van der Waals surface area (Å²) >= 11 is 1.26. The number of alkyl halides is 3. The zero-order valence-corrected chi connectivity index (χ0v) is 21.2. The maximum atomic E-state index is 12.8. The van der Waals surface area contributed by atoms with Crippen molar-refractivity contribution < 1.29 is 36.2 Å². The summed E-state index contributed by atoms with van der Waals surface area (Å²) in [6, 6.07) is 7.98. The van der Waals surface area contributed by atoms with Gasteiger partial charge in [0.15, 0.2) is 5.13 Å². The Kier molecular flexibility index (Phi) is 8.31. The number of ether oxygens (including phenoxy) is 1. The van der Waals surface area contributed by atoms with Crippen molar-refractivity contribution in [2.24, 2.45) is 0 Å². The van der Waals surface area contributed by atoms with Crippen LogP contribution in [0.5, 0.6) is 0 Å². The quantitative estimate of drug-likeness (QED) is 0.472. The number of nitrogens with one attached hydrogen (secondary N) is 1. The number of thiazole rings is 1. The Bertz CT molecular complexity index is 1330. The van der Waals surface area contributed by atoms with Crippen LogP contribution in [-0.2, 0) is 19.6 Å². The molecule has 2 saturated heterocycles. The van der Waals surface area contributed by atoms with Crippen molar-refractivity contribution in [2.75, 3.05) is 24.5 Å². The zero-order valence-electron chi connectivity index (χ0n) is 19.5.